The van der Waals surface area contributed by atoms with Crippen molar-refractivity contribution in [2.75, 3.05) is 25.5 Å². The zero-order chi connectivity index (χ0) is 20.4. The smallest absolute Gasteiger partial charge is 0.356 e. The highest BCUT2D eigenvalue weighted by Gasteiger charge is 2.33. The number of anilines is 1. The van der Waals surface area contributed by atoms with Crippen LogP contribution in [0.25, 0.3) is 10.9 Å². The SMILES string of the molecule is COC(=O)c1[nH]c2ccc(Br)cc2c1NC(=O)[C@@H](C)[NH+]1CCC(C(N)=O)CC1. The first-order valence-corrected chi connectivity index (χ1v) is 9.95. The van der Waals surface area contributed by atoms with Crippen LogP contribution in [0.15, 0.2) is 22.7 Å². The topological polar surface area (TPSA) is 119 Å². The molecule has 0 radical (unpaired) electrons. The number of piperidine rings is 1. The summed E-state index contributed by atoms with van der Waals surface area (Å²) in [6, 6.07) is 5.17. The van der Waals surface area contributed by atoms with E-state index in [1.165, 1.54) is 7.11 Å². The highest BCUT2D eigenvalue weighted by molar-refractivity contribution is 9.10. The average Bonchev–Trinajstić information content (AvgIpc) is 3.04. The summed E-state index contributed by atoms with van der Waals surface area (Å²) >= 11 is 3.42. The van der Waals surface area contributed by atoms with Gasteiger partial charge in [-0.25, -0.2) is 4.79 Å². The number of likely N-dealkylation sites (tertiary alicyclic amines) is 1. The van der Waals surface area contributed by atoms with Crippen molar-refractivity contribution in [3.8, 4) is 0 Å². The molecule has 2 amide bonds. The second-order valence-corrected chi connectivity index (χ2v) is 8.02. The van der Waals surface area contributed by atoms with Crippen LogP contribution in [0.1, 0.15) is 30.3 Å². The van der Waals surface area contributed by atoms with E-state index in [0.717, 1.165) is 20.3 Å². The lowest BCUT2D eigenvalue weighted by Crippen LogP contribution is -3.17. The Labute approximate surface area is 170 Å². The van der Waals surface area contributed by atoms with Gasteiger partial charge in [-0.15, -0.1) is 0 Å². The maximum absolute atomic E-state index is 12.9. The number of esters is 1. The van der Waals surface area contributed by atoms with Crippen molar-refractivity contribution < 1.29 is 24.0 Å². The summed E-state index contributed by atoms with van der Waals surface area (Å²) in [6.07, 6.45) is 1.35. The van der Waals surface area contributed by atoms with Crippen LogP contribution in [0.4, 0.5) is 5.69 Å². The van der Waals surface area contributed by atoms with Crippen LogP contribution in [0.5, 0.6) is 0 Å². The first kappa shape index (κ1) is 20.3. The molecule has 1 atom stereocenters. The normalized spacial score (nSPS) is 20.5. The third kappa shape index (κ3) is 4.05. The first-order valence-electron chi connectivity index (χ1n) is 9.16. The highest BCUT2D eigenvalue weighted by Crippen LogP contribution is 2.30. The number of hydrogen-bond acceptors (Lipinski definition) is 4. The molecule has 0 saturated carbocycles. The number of quaternary nitrogens is 1. The van der Waals surface area contributed by atoms with Crippen molar-refractivity contribution >= 4 is 50.3 Å². The average molecular weight is 452 g/mol. The number of amides is 2. The Hall–Kier alpha value is -2.39. The Morgan fingerprint density at radius 1 is 1.32 bits per heavy atom. The molecule has 1 aliphatic heterocycles. The quantitative estimate of drug-likeness (QED) is 0.503. The van der Waals surface area contributed by atoms with Crippen molar-refractivity contribution in [3.63, 3.8) is 0 Å². The van der Waals surface area contributed by atoms with Crippen LogP contribution >= 0.6 is 15.9 Å². The van der Waals surface area contributed by atoms with Crippen LogP contribution in [0.2, 0.25) is 0 Å². The minimum absolute atomic E-state index is 0.115. The van der Waals surface area contributed by atoms with Gasteiger partial charge in [0.15, 0.2) is 6.04 Å². The van der Waals surface area contributed by atoms with E-state index in [2.05, 4.69) is 26.2 Å². The molecule has 3 rings (SSSR count). The van der Waals surface area contributed by atoms with E-state index in [9.17, 15) is 14.4 Å². The number of H-pyrrole nitrogens is 1. The van der Waals surface area contributed by atoms with Crippen LogP contribution in [-0.2, 0) is 14.3 Å². The van der Waals surface area contributed by atoms with Crippen molar-refractivity contribution in [3.05, 3.63) is 28.4 Å². The Morgan fingerprint density at radius 2 is 2.00 bits per heavy atom. The van der Waals surface area contributed by atoms with Crippen molar-refractivity contribution in [1.29, 1.82) is 0 Å². The monoisotopic (exact) mass is 451 g/mol. The molecule has 0 bridgehead atoms. The van der Waals surface area contributed by atoms with Gasteiger partial charge in [-0.3, -0.25) is 9.59 Å². The summed E-state index contributed by atoms with van der Waals surface area (Å²) in [6.45, 7) is 3.24. The van der Waals surface area contributed by atoms with Gasteiger partial charge in [-0.1, -0.05) is 15.9 Å². The van der Waals surface area contributed by atoms with Gasteiger partial charge in [-0.2, -0.15) is 0 Å². The molecule has 9 heteroatoms. The molecule has 8 nitrogen and oxygen atoms in total. The highest BCUT2D eigenvalue weighted by atomic mass is 79.9. The molecule has 1 fully saturated rings. The fourth-order valence-electron chi connectivity index (χ4n) is 3.67. The Kier molecular flexibility index (Phi) is 6.04. The van der Waals surface area contributed by atoms with Crippen LogP contribution in [0, 0.1) is 5.92 Å². The second kappa shape index (κ2) is 8.32. The van der Waals surface area contributed by atoms with Gasteiger partial charge >= 0.3 is 5.97 Å². The number of aromatic nitrogens is 1. The number of methoxy groups -OCH3 is 1. The number of hydrogen-bond donors (Lipinski definition) is 4. The molecule has 28 heavy (non-hydrogen) atoms. The van der Waals surface area contributed by atoms with E-state index in [1.807, 2.05) is 25.1 Å². The maximum atomic E-state index is 12.9. The van der Waals surface area contributed by atoms with E-state index < -0.39 is 5.97 Å². The molecular weight excluding hydrogens is 428 g/mol. The number of carbonyl (C=O) groups is 3. The molecular formula is C19H24BrN4O4+. The fraction of sp³-hybridized carbons (Fsp3) is 0.421. The number of ether oxygens (including phenoxy) is 1. The van der Waals surface area contributed by atoms with Gasteiger partial charge in [0.1, 0.15) is 5.69 Å². The summed E-state index contributed by atoms with van der Waals surface area (Å²) in [7, 11) is 1.30. The number of fused-ring (bicyclic) bond motifs is 1. The predicted molar refractivity (Wildman–Crippen MR) is 108 cm³/mol. The summed E-state index contributed by atoms with van der Waals surface area (Å²) in [4.78, 5) is 40.5. The number of halogens is 1. The van der Waals surface area contributed by atoms with E-state index in [0.29, 0.717) is 31.6 Å². The lowest BCUT2D eigenvalue weighted by atomic mass is 9.95. The third-order valence-corrected chi connectivity index (χ3v) is 5.93. The summed E-state index contributed by atoms with van der Waals surface area (Å²) < 4.78 is 5.68. The molecule has 0 spiro atoms. The number of aromatic amines is 1. The Balaban J connectivity index is 1.81. The minimum atomic E-state index is -0.551. The number of carbonyl (C=O) groups excluding carboxylic acids is 3. The molecule has 5 N–H and O–H groups in total. The van der Waals surface area contributed by atoms with Crippen LogP contribution in [0.3, 0.4) is 0 Å². The predicted octanol–water partition coefficient (Wildman–Crippen LogP) is 0.824. The molecule has 2 aromatic rings. The Morgan fingerprint density at radius 3 is 2.61 bits per heavy atom. The molecule has 2 heterocycles. The molecule has 150 valence electrons. The minimum Gasteiger partial charge on any atom is -0.464 e. The maximum Gasteiger partial charge on any atom is 0.356 e. The van der Waals surface area contributed by atoms with E-state index in [4.69, 9.17) is 10.5 Å². The van der Waals surface area contributed by atoms with Crippen LogP contribution < -0.4 is 16.0 Å². The van der Waals surface area contributed by atoms with E-state index in [1.54, 1.807) is 0 Å². The largest absolute Gasteiger partial charge is 0.464 e. The lowest BCUT2D eigenvalue weighted by Gasteiger charge is -2.31. The van der Waals surface area contributed by atoms with Gasteiger partial charge in [0.2, 0.25) is 5.91 Å². The van der Waals surface area contributed by atoms with Gasteiger partial charge in [0.05, 0.1) is 25.9 Å². The zero-order valence-electron chi connectivity index (χ0n) is 15.8. The standard InChI is InChI=1S/C19H23BrN4O4/c1-10(24-7-5-11(6-8-24)17(21)25)18(26)23-15-13-9-12(20)3-4-14(13)22-16(15)19(27)28-2/h3-4,9-11,22H,5-8H2,1-2H3,(H2,21,25)(H,23,26)/p+1/t10-/m1/s1. The molecule has 0 unspecified atom stereocenters. The fourth-order valence-corrected chi connectivity index (χ4v) is 4.03. The molecule has 1 saturated heterocycles. The van der Waals surface area contributed by atoms with Crippen molar-refractivity contribution in [2.45, 2.75) is 25.8 Å². The Bertz CT molecular complexity index is 918. The second-order valence-electron chi connectivity index (χ2n) is 7.10. The molecule has 1 aromatic carbocycles. The summed E-state index contributed by atoms with van der Waals surface area (Å²) in [5.41, 5.74) is 6.72. The molecule has 1 aliphatic rings. The number of nitrogens with one attached hydrogen (secondary N) is 3. The third-order valence-electron chi connectivity index (χ3n) is 5.43. The van der Waals surface area contributed by atoms with Crippen LogP contribution in [-0.4, -0.2) is 49.0 Å². The summed E-state index contributed by atoms with van der Waals surface area (Å²) in [5, 5.41) is 3.62. The van der Waals surface area contributed by atoms with Gasteiger partial charge < -0.3 is 25.7 Å². The van der Waals surface area contributed by atoms with Gasteiger partial charge in [0.25, 0.3) is 5.91 Å². The zero-order valence-corrected chi connectivity index (χ0v) is 17.4. The van der Waals surface area contributed by atoms with Gasteiger partial charge in [0, 0.05) is 34.1 Å². The molecule has 1 aromatic heterocycles. The number of nitrogens with two attached hydrogens (primary N) is 1. The number of primary amides is 1. The van der Waals surface area contributed by atoms with E-state index >= 15 is 0 Å². The molecule has 0 aliphatic carbocycles. The van der Waals surface area contributed by atoms with Crippen molar-refractivity contribution in [1.82, 2.24) is 4.98 Å². The first-order chi connectivity index (χ1) is 13.3. The number of benzene rings is 1. The van der Waals surface area contributed by atoms with E-state index in [-0.39, 0.29) is 29.5 Å². The number of rotatable bonds is 5. The van der Waals surface area contributed by atoms with Gasteiger partial charge in [-0.05, 0) is 25.1 Å². The lowest BCUT2D eigenvalue weighted by molar-refractivity contribution is -0.919. The summed E-state index contributed by atoms with van der Waals surface area (Å²) in [5.74, 6) is -1.14. The van der Waals surface area contributed by atoms with Crippen molar-refractivity contribution in [2.24, 2.45) is 11.7 Å².